The molecule has 0 amide bonds. The van der Waals surface area contributed by atoms with E-state index in [9.17, 15) is 0 Å². The van der Waals surface area contributed by atoms with Crippen LogP contribution in [0.5, 0.6) is 0 Å². The Labute approximate surface area is 88.3 Å². The Bertz CT molecular complexity index is 226. The maximum atomic E-state index is 9.13. The summed E-state index contributed by atoms with van der Waals surface area (Å²) in [5, 5.41) is 16.0. The third-order valence-corrected chi connectivity index (χ3v) is 1.43. The Balaban J connectivity index is 3.83. The van der Waals surface area contributed by atoms with Crippen LogP contribution in [0.2, 0.25) is 0 Å². The maximum Gasteiger partial charge on any atom is 0.268 e. The van der Waals surface area contributed by atoms with Gasteiger partial charge in [-0.25, -0.2) is 4.84 Å². The maximum absolute atomic E-state index is 9.13. The first-order valence-electron chi connectivity index (χ1n) is 4.62. The number of hydrogen-bond acceptors (Lipinski definition) is 4. The summed E-state index contributed by atoms with van der Waals surface area (Å²) in [7, 11) is 0. The van der Waals surface area contributed by atoms with Crippen LogP contribution in [-0.4, -0.2) is 29.0 Å². The van der Waals surface area contributed by atoms with Gasteiger partial charge in [0.1, 0.15) is 0 Å². The van der Waals surface area contributed by atoms with Crippen molar-refractivity contribution in [2.24, 2.45) is 27.4 Å². The molecule has 0 heterocycles. The smallest absolute Gasteiger partial charge is 0.268 e. The molecule has 0 saturated carbocycles. The van der Waals surface area contributed by atoms with Crippen molar-refractivity contribution in [2.45, 2.75) is 26.2 Å². The summed E-state index contributed by atoms with van der Waals surface area (Å²) in [5.41, 5.74) is 15.3. The van der Waals surface area contributed by atoms with E-state index in [1.165, 1.54) is 0 Å². The quantitative estimate of drug-likeness (QED) is 0.201. The molecule has 0 aromatic carbocycles. The molecule has 15 heavy (non-hydrogen) atoms. The highest BCUT2D eigenvalue weighted by molar-refractivity contribution is 5.79. The summed E-state index contributed by atoms with van der Waals surface area (Å²) in [4.78, 5) is 4.82. The van der Waals surface area contributed by atoms with E-state index in [0.29, 0.717) is 11.8 Å². The van der Waals surface area contributed by atoms with Gasteiger partial charge in [0.25, 0.3) is 5.96 Å². The molecule has 8 heteroatoms. The summed E-state index contributed by atoms with van der Waals surface area (Å²) in [6.45, 7) is 2.41. The Hall–Kier alpha value is -1.54. The van der Waals surface area contributed by atoms with Crippen LogP contribution < -0.4 is 17.2 Å². The zero-order valence-electron chi connectivity index (χ0n) is 8.76. The van der Waals surface area contributed by atoms with E-state index in [1.54, 1.807) is 0 Å². The fourth-order valence-corrected chi connectivity index (χ4v) is 0.716. The number of unbranched alkanes of at least 4 members (excludes halogenated alkanes) is 2. The van der Waals surface area contributed by atoms with Crippen LogP contribution in [0, 0.1) is 0 Å². The number of nitrogens with zero attached hydrogens (tertiary/aromatic N) is 3. The Morgan fingerprint density at radius 2 is 1.93 bits per heavy atom. The highest BCUT2D eigenvalue weighted by Crippen LogP contribution is 1.95. The molecule has 0 aliphatic carbocycles. The predicted octanol–water partition coefficient (Wildman–Crippen LogP) is -0.697. The Morgan fingerprint density at radius 3 is 2.47 bits per heavy atom. The van der Waals surface area contributed by atoms with Gasteiger partial charge in [0.2, 0.25) is 5.96 Å². The predicted molar refractivity (Wildman–Crippen MR) is 56.5 cm³/mol. The summed E-state index contributed by atoms with van der Waals surface area (Å²) in [5.74, 6) is -0.586. The first-order chi connectivity index (χ1) is 7.07. The third-order valence-electron chi connectivity index (χ3n) is 1.43. The number of hydrogen-bond donors (Lipinski definition) is 4. The van der Waals surface area contributed by atoms with Gasteiger partial charge in [-0.3, -0.25) is 5.21 Å². The van der Waals surface area contributed by atoms with E-state index in [1.807, 2.05) is 0 Å². The van der Waals surface area contributed by atoms with Crippen LogP contribution in [-0.2, 0) is 4.84 Å². The molecule has 0 aliphatic heterocycles. The normalized spacial score (nSPS) is 11.2. The molecule has 0 radical (unpaired) electrons. The lowest BCUT2D eigenvalue weighted by atomic mass is 10.3. The Kier molecular flexibility index (Phi) is 7.02. The molecular weight excluding hydrogens is 200 g/mol. The van der Waals surface area contributed by atoms with Crippen LogP contribution in [0.4, 0.5) is 0 Å². The van der Waals surface area contributed by atoms with Crippen molar-refractivity contribution in [1.82, 2.24) is 5.23 Å². The second-order valence-corrected chi connectivity index (χ2v) is 2.80. The molecule has 0 bridgehead atoms. The first kappa shape index (κ1) is 13.5. The van der Waals surface area contributed by atoms with E-state index < -0.39 is 0 Å². The summed E-state index contributed by atoms with van der Waals surface area (Å²) >= 11 is 0. The van der Waals surface area contributed by atoms with Crippen LogP contribution >= 0.6 is 0 Å². The largest absolute Gasteiger partial charge is 0.369 e. The lowest BCUT2D eigenvalue weighted by molar-refractivity contribution is -0.285. The molecule has 7 N–H and O–H groups in total. The topological polar surface area (TPSA) is 135 Å². The molecule has 8 nitrogen and oxygen atoms in total. The van der Waals surface area contributed by atoms with Crippen molar-refractivity contribution in [3.05, 3.63) is 0 Å². The van der Waals surface area contributed by atoms with Crippen molar-refractivity contribution in [1.29, 1.82) is 0 Å². The van der Waals surface area contributed by atoms with Crippen molar-refractivity contribution >= 4 is 11.9 Å². The van der Waals surface area contributed by atoms with Crippen LogP contribution in [0.1, 0.15) is 26.2 Å². The van der Waals surface area contributed by atoms with E-state index in [0.717, 1.165) is 19.3 Å². The van der Waals surface area contributed by atoms with Crippen molar-refractivity contribution in [3.8, 4) is 0 Å². The van der Waals surface area contributed by atoms with Gasteiger partial charge in [0.15, 0.2) is 0 Å². The molecule has 0 spiro atoms. The Morgan fingerprint density at radius 1 is 1.27 bits per heavy atom. The molecule has 0 rings (SSSR count). The summed E-state index contributed by atoms with van der Waals surface area (Å²) in [6.07, 6.45) is 2.90. The standard InChI is InChI=1S/C7H18N6O2/c1-2-3-4-5-15-13(14)7(10)12-11-6(8)9/h14H,2-5H2,1H3,(H2,10,12)(H4,8,9,11). The number of hydroxylamine groups is 2. The SMILES string of the molecule is CCCCCON(O)C(N)=NN=C(N)N. The van der Waals surface area contributed by atoms with Crippen LogP contribution in [0.3, 0.4) is 0 Å². The number of rotatable bonds is 6. The van der Waals surface area contributed by atoms with E-state index in [2.05, 4.69) is 17.1 Å². The first-order valence-corrected chi connectivity index (χ1v) is 4.62. The van der Waals surface area contributed by atoms with E-state index in [4.69, 9.17) is 27.2 Å². The van der Waals surface area contributed by atoms with Crippen molar-refractivity contribution < 1.29 is 10.0 Å². The molecule has 0 aromatic heterocycles. The minimum absolute atomic E-state index is 0.252. The molecule has 0 unspecified atom stereocenters. The minimum atomic E-state index is -0.333. The number of guanidine groups is 2. The van der Waals surface area contributed by atoms with Gasteiger partial charge >= 0.3 is 0 Å². The molecule has 0 fully saturated rings. The second kappa shape index (κ2) is 7.83. The van der Waals surface area contributed by atoms with Crippen molar-refractivity contribution in [3.63, 3.8) is 0 Å². The molecule has 0 atom stereocenters. The van der Waals surface area contributed by atoms with E-state index in [-0.39, 0.29) is 11.9 Å². The van der Waals surface area contributed by atoms with Gasteiger partial charge in [0, 0.05) is 0 Å². The molecule has 0 aliphatic rings. The van der Waals surface area contributed by atoms with Gasteiger partial charge in [0.05, 0.1) is 6.61 Å². The van der Waals surface area contributed by atoms with Gasteiger partial charge in [-0.2, -0.15) is 0 Å². The highest BCUT2D eigenvalue weighted by atomic mass is 16.9. The fourth-order valence-electron chi connectivity index (χ4n) is 0.716. The fraction of sp³-hybridized carbons (Fsp3) is 0.714. The molecule has 88 valence electrons. The third kappa shape index (κ3) is 7.52. The summed E-state index contributed by atoms with van der Waals surface area (Å²) in [6, 6.07) is 0. The molecular formula is C7H18N6O2. The average Bonchev–Trinajstić information content (AvgIpc) is 2.20. The van der Waals surface area contributed by atoms with Gasteiger partial charge in [-0.05, 0) is 6.42 Å². The van der Waals surface area contributed by atoms with E-state index >= 15 is 0 Å². The van der Waals surface area contributed by atoms with Crippen molar-refractivity contribution in [2.75, 3.05) is 6.61 Å². The van der Waals surface area contributed by atoms with Gasteiger partial charge in [-0.1, -0.05) is 25.0 Å². The molecule has 0 saturated heterocycles. The monoisotopic (exact) mass is 218 g/mol. The number of nitrogens with two attached hydrogens (primary N) is 3. The summed E-state index contributed by atoms with van der Waals surface area (Å²) < 4.78 is 0. The van der Waals surface area contributed by atoms with Crippen LogP contribution in [0.25, 0.3) is 0 Å². The lowest BCUT2D eigenvalue weighted by Crippen LogP contribution is -2.35. The van der Waals surface area contributed by atoms with Gasteiger partial charge in [-0.15, -0.1) is 10.2 Å². The lowest BCUT2D eigenvalue weighted by Gasteiger charge is -2.13. The minimum Gasteiger partial charge on any atom is -0.369 e. The second-order valence-electron chi connectivity index (χ2n) is 2.80. The zero-order chi connectivity index (χ0) is 11.7. The molecule has 0 aromatic rings. The highest BCUT2D eigenvalue weighted by Gasteiger charge is 2.03. The zero-order valence-corrected chi connectivity index (χ0v) is 8.76. The van der Waals surface area contributed by atoms with Gasteiger partial charge < -0.3 is 17.2 Å². The average molecular weight is 218 g/mol. The van der Waals surface area contributed by atoms with Crippen LogP contribution in [0.15, 0.2) is 10.2 Å².